The van der Waals surface area contributed by atoms with E-state index in [0.29, 0.717) is 6.54 Å². The molecule has 0 radical (unpaired) electrons. The van der Waals surface area contributed by atoms with Crippen LogP contribution in [0, 0.1) is 6.92 Å². The molecular formula is C27H28N2O. The summed E-state index contributed by atoms with van der Waals surface area (Å²) in [5, 5.41) is 3.01. The summed E-state index contributed by atoms with van der Waals surface area (Å²) in [4.78, 5) is 14.3. The van der Waals surface area contributed by atoms with E-state index in [0.717, 1.165) is 30.5 Å². The van der Waals surface area contributed by atoms with Gasteiger partial charge in [0, 0.05) is 19.3 Å². The SMILES string of the molecule is Cc1ccccc1NC(=O)N(C)CCC=C1c2ccccc2CCc2ccccc21. The fourth-order valence-electron chi connectivity index (χ4n) is 4.06. The fourth-order valence-corrected chi connectivity index (χ4v) is 4.06. The number of para-hydroxylation sites is 1. The predicted molar refractivity (Wildman–Crippen MR) is 125 cm³/mol. The number of hydrogen-bond acceptors (Lipinski definition) is 1. The van der Waals surface area contributed by atoms with Crippen molar-refractivity contribution in [2.45, 2.75) is 26.2 Å². The van der Waals surface area contributed by atoms with Gasteiger partial charge in [-0.15, -0.1) is 0 Å². The second kappa shape index (κ2) is 9.00. The van der Waals surface area contributed by atoms with E-state index in [2.05, 4.69) is 59.9 Å². The van der Waals surface area contributed by atoms with E-state index in [1.807, 2.05) is 38.2 Å². The second-order valence-electron chi connectivity index (χ2n) is 7.89. The van der Waals surface area contributed by atoms with E-state index >= 15 is 0 Å². The van der Waals surface area contributed by atoms with Crippen molar-refractivity contribution in [2.24, 2.45) is 0 Å². The number of aryl methyl sites for hydroxylation is 3. The zero-order valence-corrected chi connectivity index (χ0v) is 17.7. The maximum atomic E-state index is 12.6. The van der Waals surface area contributed by atoms with Crippen LogP contribution in [0.25, 0.3) is 5.57 Å². The quantitative estimate of drug-likeness (QED) is 0.569. The van der Waals surface area contributed by atoms with Gasteiger partial charge in [-0.3, -0.25) is 0 Å². The van der Waals surface area contributed by atoms with E-state index < -0.39 is 0 Å². The molecule has 2 amide bonds. The number of urea groups is 1. The lowest BCUT2D eigenvalue weighted by molar-refractivity contribution is 0.223. The first-order valence-corrected chi connectivity index (χ1v) is 10.6. The Hall–Kier alpha value is -3.33. The average Bonchev–Trinajstić information content (AvgIpc) is 2.92. The van der Waals surface area contributed by atoms with Crippen LogP contribution in [0.15, 0.2) is 78.9 Å². The van der Waals surface area contributed by atoms with Crippen molar-refractivity contribution >= 4 is 17.3 Å². The van der Waals surface area contributed by atoms with Crippen LogP contribution in [0.2, 0.25) is 0 Å². The summed E-state index contributed by atoms with van der Waals surface area (Å²) < 4.78 is 0. The lowest BCUT2D eigenvalue weighted by Crippen LogP contribution is -2.32. The molecule has 0 fully saturated rings. The number of carbonyl (C=O) groups is 1. The van der Waals surface area contributed by atoms with Gasteiger partial charge in [-0.25, -0.2) is 4.79 Å². The molecule has 0 aromatic heterocycles. The predicted octanol–water partition coefficient (Wildman–Crippen LogP) is 6.08. The molecule has 4 rings (SSSR count). The minimum absolute atomic E-state index is 0.0793. The van der Waals surface area contributed by atoms with Crippen molar-refractivity contribution in [2.75, 3.05) is 18.9 Å². The van der Waals surface area contributed by atoms with E-state index in [1.165, 1.54) is 27.8 Å². The maximum absolute atomic E-state index is 12.6. The van der Waals surface area contributed by atoms with E-state index in [-0.39, 0.29) is 6.03 Å². The standard InChI is InChI=1S/C27H28N2O/c1-20-10-3-8-16-26(20)28-27(30)29(2)19-9-15-25-23-13-6-4-11-21(23)17-18-22-12-5-7-14-24(22)25/h3-8,10-16H,9,17-19H2,1-2H3,(H,28,30). The molecule has 1 aliphatic rings. The Kier molecular flexibility index (Phi) is 5.99. The number of nitrogens with one attached hydrogen (secondary N) is 1. The molecule has 1 N–H and O–H groups in total. The minimum atomic E-state index is -0.0793. The first kappa shape index (κ1) is 20.0. The van der Waals surface area contributed by atoms with E-state index in [9.17, 15) is 4.79 Å². The second-order valence-corrected chi connectivity index (χ2v) is 7.89. The van der Waals surface area contributed by atoms with Gasteiger partial charge in [0.1, 0.15) is 0 Å². The molecule has 0 heterocycles. The highest BCUT2D eigenvalue weighted by atomic mass is 16.2. The highest BCUT2D eigenvalue weighted by Crippen LogP contribution is 2.33. The topological polar surface area (TPSA) is 32.3 Å². The first-order valence-electron chi connectivity index (χ1n) is 10.6. The lowest BCUT2D eigenvalue weighted by atomic mass is 9.93. The van der Waals surface area contributed by atoms with Crippen LogP contribution in [-0.2, 0) is 12.8 Å². The number of benzene rings is 3. The van der Waals surface area contributed by atoms with Gasteiger partial charge in [0.25, 0.3) is 0 Å². The van der Waals surface area contributed by atoms with Crippen LogP contribution in [0.4, 0.5) is 10.5 Å². The lowest BCUT2D eigenvalue weighted by Gasteiger charge is -2.19. The number of hydrogen-bond donors (Lipinski definition) is 1. The largest absolute Gasteiger partial charge is 0.327 e. The van der Waals surface area contributed by atoms with Crippen molar-refractivity contribution in [3.05, 3.63) is 107 Å². The minimum Gasteiger partial charge on any atom is -0.327 e. The number of anilines is 1. The van der Waals surface area contributed by atoms with Crippen LogP contribution in [0.1, 0.15) is 34.2 Å². The van der Waals surface area contributed by atoms with Crippen LogP contribution < -0.4 is 5.32 Å². The number of fused-ring (bicyclic) bond motifs is 2. The Morgan fingerprint density at radius 3 is 2.10 bits per heavy atom. The summed E-state index contributed by atoms with van der Waals surface area (Å²) in [5.74, 6) is 0. The summed E-state index contributed by atoms with van der Waals surface area (Å²) in [7, 11) is 1.85. The molecule has 0 aliphatic heterocycles. The summed E-state index contributed by atoms with van der Waals surface area (Å²) in [6.07, 6.45) is 5.21. The molecule has 3 nitrogen and oxygen atoms in total. The highest BCUT2D eigenvalue weighted by Gasteiger charge is 2.17. The number of nitrogens with zero attached hydrogens (tertiary/aromatic N) is 1. The highest BCUT2D eigenvalue weighted by molar-refractivity contribution is 5.90. The number of rotatable bonds is 4. The van der Waals surface area contributed by atoms with Gasteiger partial charge in [0.05, 0.1) is 0 Å². The van der Waals surface area contributed by atoms with Gasteiger partial charge in [-0.1, -0.05) is 72.8 Å². The zero-order valence-electron chi connectivity index (χ0n) is 17.7. The Morgan fingerprint density at radius 1 is 0.900 bits per heavy atom. The van der Waals surface area contributed by atoms with Crippen LogP contribution in [0.5, 0.6) is 0 Å². The smallest absolute Gasteiger partial charge is 0.321 e. The van der Waals surface area contributed by atoms with Gasteiger partial charge in [-0.05, 0) is 65.6 Å². The molecule has 3 aromatic rings. The van der Waals surface area contributed by atoms with E-state index in [1.54, 1.807) is 4.90 Å². The molecule has 3 heteroatoms. The molecule has 0 spiro atoms. The number of carbonyl (C=O) groups excluding carboxylic acids is 1. The Labute approximate surface area is 179 Å². The van der Waals surface area contributed by atoms with Crippen molar-refractivity contribution in [3.63, 3.8) is 0 Å². The summed E-state index contributed by atoms with van der Waals surface area (Å²) in [5.41, 5.74) is 8.62. The van der Waals surface area contributed by atoms with Crippen molar-refractivity contribution in [3.8, 4) is 0 Å². The van der Waals surface area contributed by atoms with E-state index in [4.69, 9.17) is 0 Å². The third-order valence-electron chi connectivity index (χ3n) is 5.83. The first-order chi connectivity index (χ1) is 14.6. The monoisotopic (exact) mass is 396 g/mol. The molecule has 0 saturated carbocycles. The van der Waals surface area contributed by atoms with Gasteiger partial charge in [0.2, 0.25) is 0 Å². The molecule has 30 heavy (non-hydrogen) atoms. The Morgan fingerprint density at radius 2 is 1.47 bits per heavy atom. The molecular weight excluding hydrogens is 368 g/mol. The summed E-state index contributed by atoms with van der Waals surface area (Å²) in [6, 6.07) is 25.1. The third-order valence-corrected chi connectivity index (χ3v) is 5.83. The van der Waals surface area contributed by atoms with Crippen LogP contribution in [0.3, 0.4) is 0 Å². The van der Waals surface area contributed by atoms with Crippen molar-refractivity contribution < 1.29 is 4.79 Å². The molecule has 152 valence electrons. The van der Waals surface area contributed by atoms with Gasteiger partial charge in [0.15, 0.2) is 0 Å². The zero-order chi connectivity index (χ0) is 20.9. The van der Waals surface area contributed by atoms with Crippen molar-refractivity contribution in [1.82, 2.24) is 4.90 Å². The third kappa shape index (κ3) is 4.30. The van der Waals surface area contributed by atoms with Gasteiger partial charge in [-0.2, -0.15) is 0 Å². The Balaban J connectivity index is 1.51. The molecule has 3 aromatic carbocycles. The Bertz CT molecular complexity index is 1030. The molecule has 1 aliphatic carbocycles. The average molecular weight is 397 g/mol. The normalized spacial score (nSPS) is 12.4. The fraction of sp³-hybridized carbons (Fsp3) is 0.222. The number of amides is 2. The van der Waals surface area contributed by atoms with Crippen molar-refractivity contribution in [1.29, 1.82) is 0 Å². The summed E-state index contributed by atoms with van der Waals surface area (Å²) in [6.45, 7) is 2.66. The van der Waals surface area contributed by atoms with Crippen LogP contribution in [-0.4, -0.2) is 24.5 Å². The summed E-state index contributed by atoms with van der Waals surface area (Å²) >= 11 is 0. The molecule has 0 atom stereocenters. The van der Waals surface area contributed by atoms with Gasteiger partial charge >= 0.3 is 6.03 Å². The van der Waals surface area contributed by atoms with Gasteiger partial charge < -0.3 is 10.2 Å². The molecule has 0 unspecified atom stereocenters. The molecule has 0 bridgehead atoms. The van der Waals surface area contributed by atoms with Crippen LogP contribution >= 0.6 is 0 Å². The maximum Gasteiger partial charge on any atom is 0.321 e. The molecule has 0 saturated heterocycles.